The van der Waals surface area contributed by atoms with Gasteiger partial charge in [0.25, 0.3) is 5.91 Å². The minimum Gasteiger partial charge on any atom is -0.467 e. The number of carbonyl (C=O) groups is 3. The largest absolute Gasteiger partial charge is 0.467 e. The Hall–Kier alpha value is -3.09. The molecular weight excluding hydrogens is 348 g/mol. The highest BCUT2D eigenvalue weighted by molar-refractivity contribution is 5.98. The number of hydrogen-bond acceptors (Lipinski definition) is 5. The second kappa shape index (κ2) is 8.53. The van der Waals surface area contributed by atoms with Crippen LogP contribution >= 0.6 is 0 Å². The topological polar surface area (TPSA) is 97.6 Å². The van der Waals surface area contributed by atoms with Crippen molar-refractivity contribution < 1.29 is 23.5 Å². The molecule has 2 rings (SSSR count). The molecule has 0 saturated heterocycles. The van der Waals surface area contributed by atoms with E-state index in [4.69, 9.17) is 9.15 Å². The van der Waals surface area contributed by atoms with Gasteiger partial charge in [-0.1, -0.05) is 0 Å². The van der Waals surface area contributed by atoms with E-state index in [1.54, 1.807) is 12.1 Å². The summed E-state index contributed by atoms with van der Waals surface area (Å²) >= 11 is 0. The molecule has 0 fully saturated rings. The van der Waals surface area contributed by atoms with Gasteiger partial charge in [-0.2, -0.15) is 0 Å². The Balaban J connectivity index is 1.92. The maximum atomic E-state index is 12.5. The summed E-state index contributed by atoms with van der Waals surface area (Å²) < 4.78 is 10.2. The summed E-state index contributed by atoms with van der Waals surface area (Å²) in [5, 5.41) is 4.57. The van der Waals surface area contributed by atoms with Crippen LogP contribution in [-0.4, -0.2) is 24.5 Å². The predicted molar refractivity (Wildman–Crippen MR) is 99.5 cm³/mol. The van der Waals surface area contributed by atoms with Crippen molar-refractivity contribution in [2.75, 3.05) is 6.61 Å². The fourth-order valence-corrected chi connectivity index (χ4v) is 2.80. The van der Waals surface area contributed by atoms with E-state index >= 15 is 0 Å². The van der Waals surface area contributed by atoms with E-state index in [0.717, 1.165) is 27.8 Å². The predicted octanol–water partition coefficient (Wildman–Crippen LogP) is 3.00. The molecule has 2 aromatic rings. The third-order valence-corrected chi connectivity index (χ3v) is 4.79. The fourth-order valence-electron chi connectivity index (χ4n) is 2.80. The molecule has 1 heterocycles. The fraction of sp³-hybridized carbons (Fsp3) is 0.350. The first-order valence-electron chi connectivity index (χ1n) is 8.56. The van der Waals surface area contributed by atoms with Crippen LogP contribution in [0.5, 0.6) is 0 Å². The molecule has 7 heteroatoms. The summed E-state index contributed by atoms with van der Waals surface area (Å²) in [4.78, 5) is 36.0. The maximum Gasteiger partial charge on any atom is 0.339 e. The molecule has 0 spiro atoms. The van der Waals surface area contributed by atoms with E-state index in [2.05, 4.69) is 10.6 Å². The van der Waals surface area contributed by atoms with Gasteiger partial charge in [0.2, 0.25) is 0 Å². The van der Waals surface area contributed by atoms with Crippen LogP contribution in [0.4, 0.5) is 4.79 Å². The molecule has 1 aromatic heterocycles. The lowest BCUT2D eigenvalue weighted by atomic mass is 9.90. The van der Waals surface area contributed by atoms with Crippen molar-refractivity contribution in [1.29, 1.82) is 0 Å². The van der Waals surface area contributed by atoms with Gasteiger partial charge in [-0.05, 0) is 74.6 Å². The van der Waals surface area contributed by atoms with Gasteiger partial charge in [0, 0.05) is 0 Å². The minimum atomic E-state index is -0.712. The zero-order valence-electron chi connectivity index (χ0n) is 16.2. The molecule has 27 heavy (non-hydrogen) atoms. The van der Waals surface area contributed by atoms with Crippen LogP contribution in [-0.2, 0) is 16.1 Å². The molecule has 7 nitrogen and oxygen atoms in total. The van der Waals surface area contributed by atoms with Crippen LogP contribution < -0.4 is 10.6 Å². The van der Waals surface area contributed by atoms with Gasteiger partial charge in [-0.3, -0.25) is 10.1 Å². The van der Waals surface area contributed by atoms with Gasteiger partial charge in [-0.25, -0.2) is 9.59 Å². The second-order valence-corrected chi connectivity index (χ2v) is 6.39. The van der Waals surface area contributed by atoms with E-state index < -0.39 is 24.5 Å². The number of hydrogen-bond donors (Lipinski definition) is 2. The monoisotopic (exact) mass is 372 g/mol. The van der Waals surface area contributed by atoms with E-state index in [0.29, 0.717) is 11.3 Å². The van der Waals surface area contributed by atoms with Crippen LogP contribution in [0, 0.1) is 34.6 Å². The van der Waals surface area contributed by atoms with Gasteiger partial charge in [-0.15, -0.1) is 0 Å². The molecule has 0 aliphatic heterocycles. The lowest BCUT2D eigenvalue weighted by Crippen LogP contribution is -2.41. The SMILES string of the molecule is Cc1c(C)c(C)c(C(=O)OCC(=O)NC(=O)NCc2ccco2)c(C)c1C. The first-order valence-corrected chi connectivity index (χ1v) is 8.56. The molecule has 0 radical (unpaired) electrons. The Morgan fingerprint density at radius 2 is 1.56 bits per heavy atom. The standard InChI is InChI=1S/C20H24N2O5/c1-11-12(2)14(4)18(15(5)13(11)3)19(24)27-10-17(23)22-20(25)21-9-16-7-6-8-26-16/h6-8H,9-10H2,1-5H3,(H2,21,22,23,25). The third-order valence-electron chi connectivity index (χ3n) is 4.79. The number of carbonyl (C=O) groups excluding carboxylic acids is 3. The molecule has 0 bridgehead atoms. The summed E-state index contributed by atoms with van der Waals surface area (Å²) in [5.74, 6) is -0.737. The smallest absolute Gasteiger partial charge is 0.339 e. The van der Waals surface area contributed by atoms with Gasteiger partial charge >= 0.3 is 12.0 Å². The highest BCUT2D eigenvalue weighted by Crippen LogP contribution is 2.26. The number of benzene rings is 1. The molecule has 3 amide bonds. The van der Waals surface area contributed by atoms with Crippen molar-refractivity contribution in [2.24, 2.45) is 0 Å². The zero-order chi connectivity index (χ0) is 20.1. The Kier molecular flexibility index (Phi) is 6.39. The lowest BCUT2D eigenvalue weighted by Gasteiger charge is -2.17. The van der Waals surface area contributed by atoms with E-state index in [-0.39, 0.29) is 6.54 Å². The van der Waals surface area contributed by atoms with Gasteiger partial charge in [0.05, 0.1) is 18.4 Å². The first kappa shape index (κ1) is 20.2. The average Bonchev–Trinajstić information content (AvgIpc) is 3.15. The third kappa shape index (κ3) is 4.75. The van der Waals surface area contributed by atoms with Crippen LogP contribution in [0.1, 0.15) is 43.9 Å². The summed E-state index contributed by atoms with van der Waals surface area (Å²) in [5.41, 5.74) is 5.30. The van der Waals surface area contributed by atoms with Crippen LogP contribution in [0.2, 0.25) is 0 Å². The number of urea groups is 1. The number of imide groups is 1. The van der Waals surface area contributed by atoms with Gasteiger partial charge < -0.3 is 14.5 Å². The van der Waals surface area contributed by atoms with Crippen molar-refractivity contribution in [2.45, 2.75) is 41.2 Å². The maximum absolute atomic E-state index is 12.5. The molecule has 1 aromatic carbocycles. The van der Waals surface area contributed by atoms with Crippen molar-refractivity contribution in [1.82, 2.24) is 10.6 Å². The average molecular weight is 372 g/mol. The van der Waals surface area contributed by atoms with E-state index in [1.165, 1.54) is 6.26 Å². The molecular formula is C20H24N2O5. The summed E-state index contributed by atoms with van der Waals surface area (Å²) in [6, 6.07) is 2.69. The summed E-state index contributed by atoms with van der Waals surface area (Å²) in [7, 11) is 0. The molecule has 0 unspecified atom stereocenters. The van der Waals surface area contributed by atoms with Crippen molar-refractivity contribution in [3.05, 3.63) is 57.5 Å². The molecule has 0 aliphatic carbocycles. The molecule has 0 aliphatic rings. The minimum absolute atomic E-state index is 0.145. The van der Waals surface area contributed by atoms with Crippen LogP contribution in [0.3, 0.4) is 0 Å². The first-order chi connectivity index (χ1) is 12.7. The second-order valence-electron chi connectivity index (χ2n) is 6.39. The number of nitrogens with one attached hydrogen (secondary N) is 2. The number of furan rings is 1. The van der Waals surface area contributed by atoms with E-state index in [1.807, 2.05) is 34.6 Å². The highest BCUT2D eigenvalue weighted by Gasteiger charge is 2.20. The molecule has 144 valence electrons. The zero-order valence-corrected chi connectivity index (χ0v) is 16.2. The van der Waals surface area contributed by atoms with Crippen molar-refractivity contribution in [3.63, 3.8) is 0 Å². The number of rotatable bonds is 5. The Labute approximate surface area is 158 Å². The van der Waals surface area contributed by atoms with Crippen molar-refractivity contribution >= 4 is 17.9 Å². The number of esters is 1. The van der Waals surface area contributed by atoms with Gasteiger partial charge in [0.15, 0.2) is 6.61 Å². The quantitative estimate of drug-likeness (QED) is 0.786. The molecule has 0 atom stereocenters. The van der Waals surface area contributed by atoms with Gasteiger partial charge in [0.1, 0.15) is 5.76 Å². The Morgan fingerprint density at radius 3 is 2.11 bits per heavy atom. The van der Waals surface area contributed by atoms with Crippen molar-refractivity contribution in [3.8, 4) is 0 Å². The lowest BCUT2D eigenvalue weighted by molar-refractivity contribution is -0.123. The summed E-state index contributed by atoms with van der Waals surface area (Å²) in [6.07, 6.45) is 1.48. The Morgan fingerprint density at radius 1 is 0.963 bits per heavy atom. The molecule has 0 saturated carbocycles. The number of amides is 3. The normalized spacial score (nSPS) is 10.4. The Bertz CT molecular complexity index is 840. The molecule has 2 N–H and O–H groups in total. The van der Waals surface area contributed by atoms with Crippen LogP contribution in [0.25, 0.3) is 0 Å². The van der Waals surface area contributed by atoms with Crippen LogP contribution in [0.15, 0.2) is 22.8 Å². The summed E-state index contributed by atoms with van der Waals surface area (Å²) in [6.45, 7) is 9.22. The van der Waals surface area contributed by atoms with E-state index in [9.17, 15) is 14.4 Å². The number of ether oxygens (including phenoxy) is 1. The highest BCUT2D eigenvalue weighted by atomic mass is 16.5.